The number of hydrogen-bond acceptors (Lipinski definition) is 7. The Bertz CT molecular complexity index is 1510. The van der Waals surface area contributed by atoms with Crippen molar-refractivity contribution < 1.29 is 56.1 Å². The Labute approximate surface area is 293 Å². The van der Waals surface area contributed by atoms with Gasteiger partial charge >= 0.3 is 12.1 Å². The molecule has 4 N–H and O–H groups in total. The summed E-state index contributed by atoms with van der Waals surface area (Å²) in [5, 5.41) is 16.1. The van der Waals surface area contributed by atoms with Crippen LogP contribution in [0.15, 0.2) is 42.5 Å². The lowest BCUT2D eigenvalue weighted by Crippen LogP contribution is -2.57. The highest BCUT2D eigenvalue weighted by atomic mass is 19.3. The molecule has 16 heteroatoms. The number of likely N-dealkylation sites (tertiary alicyclic amines) is 1. The second-order valence-corrected chi connectivity index (χ2v) is 13.0. The lowest BCUT2D eigenvalue weighted by Gasteiger charge is -2.31. The van der Waals surface area contributed by atoms with E-state index >= 15 is 0 Å². The van der Waals surface area contributed by atoms with E-state index < -0.39 is 109 Å². The van der Waals surface area contributed by atoms with Crippen LogP contribution in [-0.2, 0) is 36.9 Å². The molecule has 12 nitrogen and oxygen atoms in total. The number of benzene rings is 2. The maximum Gasteiger partial charge on any atom is 0.407 e. The standard InChI is InChI=1S/C35H44F4N4O8/c1-19(2)17-51-35(49)42-30(20(3)4)33(46)43-16-23(50-18-21-8-6-5-7-9-21)14-28(43)32(45)41-27(15-29(38)39)31(44)40-11-10-24-25(36)12-22(34(47)48)13-26(24)37/h5-9,12-13,19-20,23,27-30H,10-11,14-18H2,1-4H3,(H,40,44)(H,41,45)(H,42,49)(H,47,48)/t23?,27-,28+,30-/m0/s1. The summed E-state index contributed by atoms with van der Waals surface area (Å²) in [6.07, 6.45) is -6.17. The van der Waals surface area contributed by atoms with Crippen molar-refractivity contribution in [2.24, 2.45) is 11.8 Å². The zero-order chi connectivity index (χ0) is 37.8. The molecule has 2 aromatic carbocycles. The van der Waals surface area contributed by atoms with E-state index in [2.05, 4.69) is 16.0 Å². The fraction of sp³-hybridized carbons (Fsp3) is 0.514. The minimum Gasteiger partial charge on any atom is -0.478 e. The summed E-state index contributed by atoms with van der Waals surface area (Å²) < 4.78 is 67.1. The van der Waals surface area contributed by atoms with Crippen LogP contribution >= 0.6 is 0 Å². The third-order valence-corrected chi connectivity index (χ3v) is 8.04. The van der Waals surface area contributed by atoms with E-state index in [1.807, 2.05) is 44.2 Å². The van der Waals surface area contributed by atoms with Crippen molar-refractivity contribution >= 4 is 29.8 Å². The summed E-state index contributed by atoms with van der Waals surface area (Å²) in [4.78, 5) is 65.4. The zero-order valence-electron chi connectivity index (χ0n) is 28.8. The number of rotatable bonds is 17. The van der Waals surface area contributed by atoms with Gasteiger partial charge in [0.15, 0.2) is 0 Å². The van der Waals surface area contributed by atoms with Gasteiger partial charge in [-0.2, -0.15) is 0 Å². The highest BCUT2D eigenvalue weighted by molar-refractivity contribution is 5.94. The number of nitrogens with zero attached hydrogens (tertiary/aromatic N) is 1. The molecule has 1 fully saturated rings. The van der Waals surface area contributed by atoms with Crippen molar-refractivity contribution in [3.8, 4) is 0 Å². The molecule has 4 amide bonds. The largest absolute Gasteiger partial charge is 0.478 e. The molecule has 51 heavy (non-hydrogen) atoms. The minimum absolute atomic E-state index is 0.0317. The maximum absolute atomic E-state index is 14.4. The number of hydrogen-bond donors (Lipinski definition) is 4. The molecule has 280 valence electrons. The molecule has 1 aliphatic heterocycles. The molecule has 0 bridgehead atoms. The molecule has 0 aliphatic carbocycles. The van der Waals surface area contributed by atoms with E-state index in [0.717, 1.165) is 5.56 Å². The quantitative estimate of drug-likeness (QED) is 0.178. The first-order valence-electron chi connectivity index (χ1n) is 16.5. The van der Waals surface area contributed by atoms with Crippen molar-refractivity contribution in [3.05, 3.63) is 70.8 Å². The molecule has 2 aromatic rings. The van der Waals surface area contributed by atoms with Gasteiger partial charge in [-0.05, 0) is 36.0 Å². The number of alkyl halides is 2. The molecule has 1 unspecified atom stereocenters. The van der Waals surface area contributed by atoms with Crippen LogP contribution in [0.3, 0.4) is 0 Å². The Morgan fingerprint density at radius 1 is 0.980 bits per heavy atom. The van der Waals surface area contributed by atoms with E-state index in [1.54, 1.807) is 13.8 Å². The summed E-state index contributed by atoms with van der Waals surface area (Å²) in [7, 11) is 0. The highest BCUT2D eigenvalue weighted by Crippen LogP contribution is 2.25. The van der Waals surface area contributed by atoms with Gasteiger partial charge in [-0.1, -0.05) is 58.0 Å². The van der Waals surface area contributed by atoms with Gasteiger partial charge in [0.2, 0.25) is 24.1 Å². The van der Waals surface area contributed by atoms with Crippen LogP contribution < -0.4 is 16.0 Å². The second kappa shape index (κ2) is 19.0. The van der Waals surface area contributed by atoms with Crippen LogP contribution in [0.1, 0.15) is 62.0 Å². The number of carboxylic acids is 1. The van der Waals surface area contributed by atoms with Gasteiger partial charge in [0, 0.05) is 31.5 Å². The average molecular weight is 725 g/mol. The molecular formula is C35H44F4N4O8. The Morgan fingerprint density at radius 3 is 2.20 bits per heavy atom. The number of carbonyl (C=O) groups excluding carboxylic acids is 4. The minimum atomic E-state index is -3.05. The Hall–Kier alpha value is -4.73. The first-order chi connectivity index (χ1) is 24.1. The van der Waals surface area contributed by atoms with Gasteiger partial charge in [0.05, 0.1) is 24.9 Å². The first-order valence-corrected chi connectivity index (χ1v) is 16.5. The summed E-state index contributed by atoms with van der Waals surface area (Å²) in [5.41, 5.74) is -0.326. The number of carbonyl (C=O) groups is 5. The fourth-order valence-corrected chi connectivity index (χ4v) is 5.38. The maximum atomic E-state index is 14.4. The van der Waals surface area contributed by atoms with Crippen LogP contribution in [0.4, 0.5) is 22.4 Å². The van der Waals surface area contributed by atoms with Crippen molar-refractivity contribution in [1.29, 1.82) is 0 Å². The van der Waals surface area contributed by atoms with E-state index in [4.69, 9.17) is 14.6 Å². The Morgan fingerprint density at radius 2 is 1.63 bits per heavy atom. The number of halogens is 4. The SMILES string of the molecule is CC(C)COC(=O)N[C@H](C(=O)N1CC(OCc2ccccc2)C[C@@H]1C(=O)N[C@@H](CC(F)F)C(=O)NCCc1c(F)cc(C(=O)O)cc1F)C(C)C. The number of aromatic carboxylic acids is 1. The van der Waals surface area contributed by atoms with Gasteiger partial charge in [-0.25, -0.2) is 27.2 Å². The summed E-state index contributed by atoms with van der Waals surface area (Å²) >= 11 is 0. The molecule has 0 radical (unpaired) electrons. The molecule has 1 heterocycles. The van der Waals surface area contributed by atoms with Crippen molar-refractivity contribution in [2.75, 3.05) is 19.7 Å². The lowest BCUT2D eigenvalue weighted by atomic mass is 10.0. The predicted octanol–water partition coefficient (Wildman–Crippen LogP) is 4.05. The molecular weight excluding hydrogens is 680 g/mol. The van der Waals surface area contributed by atoms with E-state index in [1.165, 1.54) is 4.90 Å². The number of ether oxygens (including phenoxy) is 2. The topological polar surface area (TPSA) is 163 Å². The van der Waals surface area contributed by atoms with Crippen molar-refractivity contribution in [1.82, 2.24) is 20.9 Å². The Kier molecular flexibility index (Phi) is 15.2. The number of carboxylic acid groups (broad SMARTS) is 1. The van der Waals surface area contributed by atoms with Gasteiger partial charge in [-0.3, -0.25) is 14.4 Å². The van der Waals surface area contributed by atoms with Crippen molar-refractivity contribution in [2.45, 2.75) is 84.2 Å². The molecule has 1 aliphatic rings. The van der Waals surface area contributed by atoms with Crippen LogP contribution in [-0.4, -0.2) is 90.1 Å². The number of nitrogens with one attached hydrogen (secondary N) is 3. The van der Waals surface area contributed by atoms with Crippen LogP contribution in [0, 0.1) is 23.5 Å². The monoisotopic (exact) mass is 724 g/mol. The zero-order valence-corrected chi connectivity index (χ0v) is 28.8. The summed E-state index contributed by atoms with van der Waals surface area (Å²) in [6.45, 7) is 6.76. The van der Waals surface area contributed by atoms with Crippen molar-refractivity contribution in [3.63, 3.8) is 0 Å². The van der Waals surface area contributed by atoms with Gasteiger partial charge < -0.3 is 35.4 Å². The molecule has 0 saturated carbocycles. The Balaban J connectivity index is 1.77. The van der Waals surface area contributed by atoms with Crippen LogP contribution in [0.5, 0.6) is 0 Å². The predicted molar refractivity (Wildman–Crippen MR) is 176 cm³/mol. The normalized spacial score (nSPS) is 17.0. The average Bonchev–Trinajstić information content (AvgIpc) is 3.50. The summed E-state index contributed by atoms with van der Waals surface area (Å²) in [6, 6.07) is 6.12. The molecule has 3 rings (SSSR count). The number of amides is 4. The second-order valence-electron chi connectivity index (χ2n) is 13.0. The number of alkyl carbamates (subject to hydrolysis) is 1. The third-order valence-electron chi connectivity index (χ3n) is 8.04. The lowest BCUT2D eigenvalue weighted by molar-refractivity contribution is -0.141. The van der Waals surface area contributed by atoms with Gasteiger partial charge in [0.25, 0.3) is 0 Å². The van der Waals surface area contributed by atoms with Crippen LogP contribution in [0.2, 0.25) is 0 Å². The first kappa shape index (κ1) is 40.7. The van der Waals surface area contributed by atoms with E-state index in [0.29, 0.717) is 12.1 Å². The highest BCUT2D eigenvalue weighted by Gasteiger charge is 2.44. The molecule has 4 atom stereocenters. The molecule has 0 spiro atoms. The van der Waals surface area contributed by atoms with Gasteiger partial charge in [-0.15, -0.1) is 0 Å². The fourth-order valence-electron chi connectivity index (χ4n) is 5.38. The van der Waals surface area contributed by atoms with E-state index in [9.17, 15) is 41.5 Å². The molecule has 0 aromatic heterocycles. The third kappa shape index (κ3) is 12.2. The molecule has 1 saturated heterocycles. The summed E-state index contributed by atoms with van der Waals surface area (Å²) in [5.74, 6) is -6.96. The van der Waals surface area contributed by atoms with E-state index in [-0.39, 0.29) is 32.1 Å². The van der Waals surface area contributed by atoms with Gasteiger partial charge in [0.1, 0.15) is 29.8 Å². The van der Waals surface area contributed by atoms with Crippen LogP contribution in [0.25, 0.3) is 0 Å². The smallest absolute Gasteiger partial charge is 0.407 e.